The average molecular weight is 398 g/mol. The molecule has 3 N–H and O–H groups in total. The third-order valence-corrected chi connectivity index (χ3v) is 6.41. The van der Waals surface area contributed by atoms with Gasteiger partial charge in [0.15, 0.2) is 0 Å². The van der Waals surface area contributed by atoms with Gasteiger partial charge in [0.05, 0.1) is 24.1 Å². The Morgan fingerprint density at radius 1 is 1.29 bits per heavy atom. The predicted molar refractivity (Wildman–Crippen MR) is 99.2 cm³/mol. The van der Waals surface area contributed by atoms with E-state index in [0.717, 1.165) is 12.8 Å². The van der Waals surface area contributed by atoms with Crippen LogP contribution in [0.1, 0.15) is 56.8 Å². The van der Waals surface area contributed by atoms with Crippen molar-refractivity contribution in [3.63, 3.8) is 0 Å². The number of likely N-dealkylation sites (tertiary alicyclic amines) is 1. The number of nitrogens with zero attached hydrogens (tertiary/aromatic N) is 2. The van der Waals surface area contributed by atoms with Crippen molar-refractivity contribution in [1.29, 1.82) is 0 Å². The van der Waals surface area contributed by atoms with Crippen molar-refractivity contribution < 1.29 is 13.2 Å². The van der Waals surface area contributed by atoms with E-state index in [-0.39, 0.29) is 23.7 Å². The van der Waals surface area contributed by atoms with Crippen LogP contribution in [0.5, 0.6) is 0 Å². The van der Waals surface area contributed by atoms with Crippen molar-refractivity contribution >= 4 is 5.57 Å². The van der Waals surface area contributed by atoms with Crippen LogP contribution in [0.2, 0.25) is 0 Å². The summed E-state index contributed by atoms with van der Waals surface area (Å²) in [6, 6.07) is -1.72. The molecule has 9 heteroatoms. The first-order chi connectivity index (χ1) is 13.0. The van der Waals surface area contributed by atoms with Gasteiger partial charge >= 0.3 is 5.69 Å². The summed E-state index contributed by atoms with van der Waals surface area (Å²) in [4.78, 5) is 28.6. The van der Waals surface area contributed by atoms with Gasteiger partial charge in [-0.2, -0.15) is 0 Å². The molecule has 2 fully saturated rings. The zero-order valence-electron chi connectivity index (χ0n) is 16.1. The van der Waals surface area contributed by atoms with Crippen LogP contribution < -0.4 is 17.0 Å². The minimum Gasteiger partial charge on any atom is -0.327 e. The Labute approximate surface area is 160 Å². The SMILES string of the molecule is CC1=C(F)C(N2CC(C(C)N)C(F)(F)C2)C(C)c2c1c(=O)[nH]c(=O)n2C1CC1. The van der Waals surface area contributed by atoms with Crippen molar-refractivity contribution in [1.82, 2.24) is 14.5 Å². The van der Waals surface area contributed by atoms with E-state index < -0.39 is 53.5 Å². The summed E-state index contributed by atoms with van der Waals surface area (Å²) in [5.74, 6) is -5.30. The minimum absolute atomic E-state index is 0.0352. The summed E-state index contributed by atoms with van der Waals surface area (Å²) >= 11 is 0. The number of nitrogens with two attached hydrogens (primary N) is 1. The molecule has 1 aromatic heterocycles. The smallest absolute Gasteiger partial charge is 0.327 e. The van der Waals surface area contributed by atoms with Crippen molar-refractivity contribution in [3.8, 4) is 0 Å². The highest BCUT2D eigenvalue weighted by atomic mass is 19.3. The van der Waals surface area contributed by atoms with E-state index in [1.807, 2.05) is 0 Å². The number of aromatic amines is 1. The summed E-state index contributed by atoms with van der Waals surface area (Å²) < 4.78 is 45.9. The molecule has 1 saturated heterocycles. The Morgan fingerprint density at radius 3 is 2.46 bits per heavy atom. The molecule has 3 aliphatic rings. The van der Waals surface area contributed by atoms with Crippen LogP contribution in [0, 0.1) is 5.92 Å². The first kappa shape index (κ1) is 19.4. The van der Waals surface area contributed by atoms with Crippen LogP contribution in [0.4, 0.5) is 13.2 Å². The molecule has 0 spiro atoms. The number of alkyl halides is 2. The van der Waals surface area contributed by atoms with Crippen molar-refractivity contribution in [2.24, 2.45) is 11.7 Å². The number of allylic oxidation sites excluding steroid dienone is 1. The molecule has 1 saturated carbocycles. The maximum atomic E-state index is 15.4. The highest BCUT2D eigenvalue weighted by Crippen LogP contribution is 2.46. The van der Waals surface area contributed by atoms with Gasteiger partial charge in [0.25, 0.3) is 11.5 Å². The Bertz CT molecular complexity index is 961. The monoisotopic (exact) mass is 398 g/mol. The molecule has 1 aliphatic heterocycles. The van der Waals surface area contributed by atoms with Gasteiger partial charge in [0.2, 0.25) is 0 Å². The third kappa shape index (κ3) is 2.78. The topological polar surface area (TPSA) is 84.1 Å². The molecule has 0 bridgehead atoms. The minimum atomic E-state index is -3.02. The number of aromatic nitrogens is 2. The third-order valence-electron chi connectivity index (χ3n) is 6.41. The lowest BCUT2D eigenvalue weighted by Crippen LogP contribution is -2.46. The van der Waals surface area contributed by atoms with Gasteiger partial charge in [-0.15, -0.1) is 0 Å². The second-order valence-electron chi connectivity index (χ2n) is 8.48. The van der Waals surface area contributed by atoms with Crippen LogP contribution >= 0.6 is 0 Å². The van der Waals surface area contributed by atoms with Crippen LogP contribution in [0.15, 0.2) is 15.4 Å². The molecule has 0 amide bonds. The zero-order chi connectivity index (χ0) is 20.5. The Balaban J connectivity index is 1.84. The fourth-order valence-electron chi connectivity index (χ4n) is 4.86. The molecule has 4 rings (SSSR count). The summed E-state index contributed by atoms with van der Waals surface area (Å²) in [5.41, 5.74) is 5.31. The van der Waals surface area contributed by atoms with E-state index in [1.165, 1.54) is 23.3 Å². The van der Waals surface area contributed by atoms with Crippen LogP contribution in [0.25, 0.3) is 5.57 Å². The molecule has 6 nitrogen and oxygen atoms in total. The summed E-state index contributed by atoms with van der Waals surface area (Å²) in [6.45, 7) is 4.07. The molecule has 2 aliphatic carbocycles. The second-order valence-corrected chi connectivity index (χ2v) is 8.48. The van der Waals surface area contributed by atoms with E-state index in [1.54, 1.807) is 6.92 Å². The highest BCUT2D eigenvalue weighted by molar-refractivity contribution is 5.71. The number of nitrogens with one attached hydrogen (secondary N) is 1. The first-order valence-electron chi connectivity index (χ1n) is 9.67. The van der Waals surface area contributed by atoms with Gasteiger partial charge in [0, 0.05) is 30.2 Å². The molecule has 0 aromatic carbocycles. The number of hydrogen-bond acceptors (Lipinski definition) is 4. The quantitative estimate of drug-likeness (QED) is 0.816. The van der Waals surface area contributed by atoms with Crippen LogP contribution in [-0.4, -0.2) is 45.5 Å². The van der Waals surface area contributed by atoms with Crippen molar-refractivity contribution in [3.05, 3.63) is 37.9 Å². The number of halogens is 3. The summed E-state index contributed by atoms with van der Waals surface area (Å²) in [5, 5.41) is 0. The van der Waals surface area contributed by atoms with Crippen LogP contribution in [-0.2, 0) is 0 Å². The lowest BCUT2D eigenvalue weighted by molar-refractivity contribution is -0.0346. The van der Waals surface area contributed by atoms with E-state index >= 15 is 4.39 Å². The molecule has 0 radical (unpaired) electrons. The standard InChI is InChI=1S/C19H25F3N4O2/c1-8-13-15(26(11-4-5-11)18(28)24-17(13)27)9(2)16(14(8)20)25-6-12(10(3)23)19(21,22)7-25/h9-12,16H,4-7,23H2,1-3H3,(H,24,27,28). The molecule has 154 valence electrons. The first-order valence-corrected chi connectivity index (χ1v) is 9.67. The second kappa shape index (κ2) is 6.32. The molecule has 2 heterocycles. The predicted octanol–water partition coefficient (Wildman–Crippen LogP) is 1.97. The fraction of sp³-hybridized carbons (Fsp3) is 0.684. The molecule has 4 unspecified atom stereocenters. The normalized spacial score (nSPS) is 31.2. The molecule has 4 atom stereocenters. The lowest BCUT2D eigenvalue weighted by Gasteiger charge is -2.37. The molecular formula is C19H25F3N4O2. The maximum Gasteiger partial charge on any atom is 0.328 e. The van der Waals surface area contributed by atoms with E-state index in [9.17, 15) is 18.4 Å². The van der Waals surface area contributed by atoms with Gasteiger partial charge in [-0.1, -0.05) is 6.92 Å². The Hall–Kier alpha value is -1.87. The van der Waals surface area contributed by atoms with Gasteiger partial charge < -0.3 is 5.73 Å². The molecular weight excluding hydrogens is 373 g/mol. The fourth-order valence-corrected chi connectivity index (χ4v) is 4.86. The molecule has 1 aromatic rings. The number of fused-ring (bicyclic) bond motifs is 1. The van der Waals surface area contributed by atoms with E-state index in [4.69, 9.17) is 5.73 Å². The average Bonchev–Trinajstić information content (AvgIpc) is 3.35. The van der Waals surface area contributed by atoms with Gasteiger partial charge in [0.1, 0.15) is 5.83 Å². The van der Waals surface area contributed by atoms with Gasteiger partial charge in [-0.25, -0.2) is 18.0 Å². The Morgan fingerprint density at radius 2 is 1.93 bits per heavy atom. The molecule has 28 heavy (non-hydrogen) atoms. The summed E-state index contributed by atoms with van der Waals surface area (Å²) in [7, 11) is 0. The number of H-pyrrole nitrogens is 1. The lowest BCUT2D eigenvalue weighted by atomic mass is 9.83. The van der Waals surface area contributed by atoms with Crippen LogP contribution in [0.3, 0.4) is 0 Å². The number of hydrogen-bond donors (Lipinski definition) is 2. The Kier molecular flexibility index (Phi) is 4.39. The number of rotatable bonds is 3. The summed E-state index contributed by atoms with van der Waals surface area (Å²) in [6.07, 6.45) is 1.60. The van der Waals surface area contributed by atoms with E-state index in [0.29, 0.717) is 5.69 Å². The highest BCUT2D eigenvalue weighted by Gasteiger charge is 2.53. The van der Waals surface area contributed by atoms with Crippen molar-refractivity contribution in [2.75, 3.05) is 13.1 Å². The zero-order valence-corrected chi connectivity index (χ0v) is 16.1. The van der Waals surface area contributed by atoms with E-state index in [2.05, 4.69) is 4.98 Å². The maximum absolute atomic E-state index is 15.4. The van der Waals surface area contributed by atoms with Gasteiger partial charge in [-0.3, -0.25) is 19.2 Å². The van der Waals surface area contributed by atoms with Gasteiger partial charge in [-0.05, 0) is 32.3 Å². The van der Waals surface area contributed by atoms with Crippen molar-refractivity contribution in [2.45, 2.75) is 63.6 Å². The largest absolute Gasteiger partial charge is 0.328 e.